The van der Waals surface area contributed by atoms with Gasteiger partial charge in [-0.3, -0.25) is 4.79 Å². The predicted octanol–water partition coefficient (Wildman–Crippen LogP) is -1.99. The van der Waals surface area contributed by atoms with Crippen molar-refractivity contribution < 1.29 is 29.4 Å². The normalized spacial score (nSPS) is 17.0. The number of rotatable bonds is 8. The fraction of sp³-hybridized carbons (Fsp3) is 0.833. The summed E-state index contributed by atoms with van der Waals surface area (Å²) in [5, 5.41) is 29.7. The lowest BCUT2D eigenvalue weighted by Crippen LogP contribution is -2.51. The van der Waals surface area contributed by atoms with Crippen molar-refractivity contribution in [3.63, 3.8) is 0 Å². The van der Waals surface area contributed by atoms with E-state index in [0.717, 1.165) is 0 Å². The Morgan fingerprint density at radius 3 is 2.11 bits per heavy atom. The number of quaternary nitrogens is 1. The summed E-state index contributed by atoms with van der Waals surface area (Å²) in [5.41, 5.74) is 0. The molecule has 0 amide bonds. The Labute approximate surface area is 107 Å². The number of carbonyl (C=O) groups is 2. The highest BCUT2D eigenvalue weighted by molar-refractivity contribution is 5.98. The van der Waals surface area contributed by atoms with Crippen LogP contribution >= 0.6 is 0 Å². The van der Waals surface area contributed by atoms with Gasteiger partial charge in [-0.1, -0.05) is 6.92 Å². The van der Waals surface area contributed by atoms with Gasteiger partial charge in [0.25, 0.3) is 0 Å². The summed E-state index contributed by atoms with van der Waals surface area (Å²) >= 11 is 0. The molecule has 0 aromatic heterocycles. The van der Waals surface area contributed by atoms with Crippen molar-refractivity contribution in [3.05, 3.63) is 0 Å². The lowest BCUT2D eigenvalue weighted by molar-refractivity contribution is -0.873. The quantitative estimate of drug-likeness (QED) is 0.389. The second-order valence-electron chi connectivity index (χ2n) is 5.80. The Bertz CT molecular complexity index is 297. The topological polar surface area (TPSA) is 97.7 Å². The molecule has 0 spiro atoms. The Morgan fingerprint density at radius 1 is 1.28 bits per heavy atom. The maximum Gasteiger partial charge on any atom is 0.144 e. The maximum atomic E-state index is 11.8. The highest BCUT2D eigenvalue weighted by atomic mass is 16.4. The van der Waals surface area contributed by atoms with Crippen molar-refractivity contribution in [2.45, 2.75) is 19.4 Å². The lowest BCUT2D eigenvalue weighted by Gasteiger charge is -2.31. The van der Waals surface area contributed by atoms with Gasteiger partial charge in [0, 0.05) is 13.0 Å². The smallest absolute Gasteiger partial charge is 0.144 e. The van der Waals surface area contributed by atoms with E-state index in [9.17, 15) is 19.8 Å². The number of Topliss-reactive ketones (excluding diaryl/α,β-unsaturated/α-hetero) is 1. The molecule has 0 bridgehead atoms. The van der Waals surface area contributed by atoms with Crippen LogP contribution in [0.5, 0.6) is 0 Å². The molecule has 0 radical (unpaired) electrons. The SMILES string of the molecule is CC(CO)CC(=O)C(C(=O)[O-])C(O)C[N+](C)(C)C. The minimum absolute atomic E-state index is 0.0800. The van der Waals surface area contributed by atoms with Gasteiger partial charge in [-0.2, -0.15) is 0 Å². The molecular formula is C12H23NO5. The van der Waals surface area contributed by atoms with E-state index in [-0.39, 0.29) is 25.5 Å². The average Bonchev–Trinajstić information content (AvgIpc) is 2.13. The van der Waals surface area contributed by atoms with E-state index in [2.05, 4.69) is 0 Å². The van der Waals surface area contributed by atoms with E-state index in [0.29, 0.717) is 4.48 Å². The lowest BCUT2D eigenvalue weighted by atomic mass is 9.91. The fourth-order valence-electron chi connectivity index (χ4n) is 1.70. The summed E-state index contributed by atoms with van der Waals surface area (Å²) in [6, 6.07) is 0. The number of aliphatic carboxylic acids is 1. The summed E-state index contributed by atoms with van der Waals surface area (Å²) < 4.78 is 0.341. The number of likely N-dealkylation sites (N-methyl/N-ethyl adjacent to an activating group) is 1. The van der Waals surface area contributed by atoms with E-state index in [1.807, 2.05) is 0 Å². The van der Waals surface area contributed by atoms with Crippen LogP contribution in [-0.2, 0) is 9.59 Å². The number of aliphatic hydroxyl groups excluding tert-OH is 2. The molecule has 0 saturated carbocycles. The molecule has 0 heterocycles. The molecule has 18 heavy (non-hydrogen) atoms. The first-order valence-corrected chi connectivity index (χ1v) is 5.91. The van der Waals surface area contributed by atoms with Gasteiger partial charge in [-0.25, -0.2) is 0 Å². The van der Waals surface area contributed by atoms with Gasteiger partial charge in [0.15, 0.2) is 0 Å². The summed E-state index contributed by atoms with van der Waals surface area (Å²) in [6.07, 6.45) is -1.36. The zero-order chi connectivity index (χ0) is 14.5. The van der Waals surface area contributed by atoms with Gasteiger partial charge >= 0.3 is 0 Å². The van der Waals surface area contributed by atoms with E-state index < -0.39 is 23.8 Å². The molecule has 0 rings (SSSR count). The van der Waals surface area contributed by atoms with Crippen LogP contribution in [0.15, 0.2) is 0 Å². The number of nitrogens with zero attached hydrogens (tertiary/aromatic N) is 1. The summed E-state index contributed by atoms with van der Waals surface area (Å²) in [5.74, 6) is -4.02. The molecule has 3 atom stereocenters. The molecule has 6 nitrogen and oxygen atoms in total. The highest BCUT2D eigenvalue weighted by Gasteiger charge is 2.32. The Morgan fingerprint density at radius 2 is 1.78 bits per heavy atom. The second-order valence-corrected chi connectivity index (χ2v) is 5.80. The molecule has 0 fully saturated rings. The Hall–Kier alpha value is -0.980. The zero-order valence-corrected chi connectivity index (χ0v) is 11.4. The first-order chi connectivity index (χ1) is 8.08. The molecule has 0 aliphatic rings. The molecule has 0 aliphatic heterocycles. The monoisotopic (exact) mass is 261 g/mol. The number of hydrogen-bond donors (Lipinski definition) is 2. The molecule has 0 aromatic carbocycles. The second kappa shape index (κ2) is 6.82. The molecule has 0 aliphatic carbocycles. The van der Waals surface area contributed by atoms with Crippen molar-refractivity contribution in [3.8, 4) is 0 Å². The van der Waals surface area contributed by atoms with Crippen LogP contribution in [0.2, 0.25) is 0 Å². The van der Waals surface area contributed by atoms with E-state index in [1.165, 1.54) is 0 Å². The van der Waals surface area contributed by atoms with Gasteiger partial charge in [-0.05, 0) is 5.92 Å². The van der Waals surface area contributed by atoms with Gasteiger partial charge in [0.1, 0.15) is 18.4 Å². The van der Waals surface area contributed by atoms with Crippen LogP contribution in [0, 0.1) is 11.8 Å². The van der Waals surface area contributed by atoms with Crippen LogP contribution in [0.3, 0.4) is 0 Å². The van der Waals surface area contributed by atoms with Crippen LogP contribution in [0.25, 0.3) is 0 Å². The molecule has 0 aromatic rings. The maximum absolute atomic E-state index is 11.8. The van der Waals surface area contributed by atoms with Crippen LogP contribution < -0.4 is 5.11 Å². The number of aliphatic hydroxyl groups is 2. The largest absolute Gasteiger partial charge is 0.549 e. The Balaban J connectivity index is 4.75. The predicted molar refractivity (Wildman–Crippen MR) is 63.3 cm³/mol. The van der Waals surface area contributed by atoms with E-state index in [4.69, 9.17) is 5.11 Å². The van der Waals surface area contributed by atoms with Crippen molar-refractivity contribution in [2.24, 2.45) is 11.8 Å². The minimum Gasteiger partial charge on any atom is -0.549 e. The molecular weight excluding hydrogens is 238 g/mol. The first kappa shape index (κ1) is 17.0. The van der Waals surface area contributed by atoms with E-state index in [1.54, 1.807) is 28.1 Å². The fourth-order valence-corrected chi connectivity index (χ4v) is 1.70. The van der Waals surface area contributed by atoms with Crippen molar-refractivity contribution in [1.82, 2.24) is 0 Å². The number of hydrogen-bond acceptors (Lipinski definition) is 5. The van der Waals surface area contributed by atoms with Crippen LogP contribution in [0.1, 0.15) is 13.3 Å². The molecule has 2 N–H and O–H groups in total. The first-order valence-electron chi connectivity index (χ1n) is 5.91. The van der Waals surface area contributed by atoms with E-state index >= 15 is 0 Å². The number of carboxylic acids is 1. The molecule has 106 valence electrons. The Kier molecular flexibility index (Phi) is 6.45. The summed E-state index contributed by atoms with van der Waals surface area (Å²) in [7, 11) is 5.36. The van der Waals surface area contributed by atoms with Gasteiger partial charge in [0.05, 0.1) is 33.0 Å². The van der Waals surface area contributed by atoms with Crippen molar-refractivity contribution in [2.75, 3.05) is 34.3 Å². The third kappa shape index (κ3) is 6.09. The molecule has 6 heteroatoms. The van der Waals surface area contributed by atoms with Crippen molar-refractivity contribution in [1.29, 1.82) is 0 Å². The number of carboxylic acid groups (broad SMARTS) is 1. The molecule has 0 saturated heterocycles. The van der Waals surface area contributed by atoms with Crippen LogP contribution in [-0.4, -0.2) is 66.8 Å². The van der Waals surface area contributed by atoms with Gasteiger partial charge in [-0.15, -0.1) is 0 Å². The average molecular weight is 261 g/mol. The standard InChI is InChI=1S/C12H23NO5/c1-8(7-14)5-9(15)11(12(17)18)10(16)6-13(2,3)4/h8,10-11,14,16H,5-7H2,1-4H3. The highest BCUT2D eigenvalue weighted by Crippen LogP contribution is 2.14. The van der Waals surface area contributed by atoms with Crippen LogP contribution in [0.4, 0.5) is 0 Å². The van der Waals surface area contributed by atoms with Gasteiger partial charge in [0.2, 0.25) is 0 Å². The number of ketones is 1. The molecule has 3 unspecified atom stereocenters. The van der Waals surface area contributed by atoms with Crippen molar-refractivity contribution >= 4 is 11.8 Å². The zero-order valence-electron chi connectivity index (χ0n) is 11.4. The van der Waals surface area contributed by atoms with Gasteiger partial charge < -0.3 is 24.6 Å². The third-order valence-corrected chi connectivity index (χ3v) is 2.58. The summed E-state index contributed by atoms with van der Waals surface area (Å²) in [6.45, 7) is 1.57. The third-order valence-electron chi connectivity index (χ3n) is 2.58. The number of carbonyl (C=O) groups excluding carboxylic acids is 2. The summed E-state index contributed by atoms with van der Waals surface area (Å²) in [4.78, 5) is 22.8. The minimum atomic E-state index is -1.56.